The van der Waals surface area contributed by atoms with Crippen LogP contribution in [0.1, 0.15) is 42.2 Å². The number of amides is 1. The van der Waals surface area contributed by atoms with E-state index in [0.29, 0.717) is 11.3 Å². The normalized spacial score (nSPS) is 23.4. The number of carbonyl (C=O) groups is 2. The zero-order valence-corrected chi connectivity index (χ0v) is 13.9. The maximum atomic E-state index is 12.8. The smallest absolute Gasteiger partial charge is 0.256 e. The number of rotatable bonds is 0. The Kier molecular flexibility index (Phi) is 3.35. The van der Waals surface area contributed by atoms with Crippen LogP contribution in [-0.2, 0) is 0 Å². The highest BCUT2D eigenvalue weighted by Gasteiger charge is 2.42. The van der Waals surface area contributed by atoms with Gasteiger partial charge in [0.05, 0.1) is 5.75 Å². The van der Waals surface area contributed by atoms with Gasteiger partial charge in [0.25, 0.3) is 5.91 Å². The third-order valence-corrected chi connectivity index (χ3v) is 6.24. The first-order chi connectivity index (χ1) is 10.7. The molecule has 0 fully saturated rings. The summed E-state index contributed by atoms with van der Waals surface area (Å²) in [6.07, 6.45) is 0. The van der Waals surface area contributed by atoms with Crippen LogP contribution in [0.4, 0.5) is 0 Å². The van der Waals surface area contributed by atoms with Crippen LogP contribution in [0.3, 0.4) is 0 Å². The molecule has 5 heteroatoms. The molecule has 1 amide bonds. The fraction of sp³-hybridized carbons (Fsp3) is 0.176. The van der Waals surface area contributed by atoms with Gasteiger partial charge >= 0.3 is 0 Å². The Hall–Kier alpha value is -1.59. The average Bonchev–Trinajstić information content (AvgIpc) is 2.83. The van der Waals surface area contributed by atoms with Gasteiger partial charge in [-0.3, -0.25) is 9.59 Å². The van der Waals surface area contributed by atoms with E-state index in [9.17, 15) is 9.59 Å². The van der Waals surface area contributed by atoms with Gasteiger partial charge in [-0.2, -0.15) is 0 Å². The molecule has 0 unspecified atom stereocenters. The standard InChI is InChI=1S/C17H12BrNO2S/c18-15-11-6-2-1-5-10(11)14(20)9-22-17-13-8-4-3-7-12(13)16(21)19(15)17/h1-8,15,17H,9H2/t15-,17+/m1/s1. The molecule has 0 saturated heterocycles. The van der Waals surface area contributed by atoms with Gasteiger partial charge in [-0.1, -0.05) is 58.4 Å². The topological polar surface area (TPSA) is 37.4 Å². The fourth-order valence-corrected chi connectivity index (χ4v) is 5.24. The quantitative estimate of drug-likeness (QED) is 0.513. The zero-order chi connectivity index (χ0) is 15.3. The Morgan fingerprint density at radius 2 is 1.59 bits per heavy atom. The second-order valence-corrected chi connectivity index (χ2v) is 7.25. The number of hydrogen-bond acceptors (Lipinski definition) is 3. The van der Waals surface area contributed by atoms with E-state index in [1.807, 2.05) is 53.4 Å². The lowest BCUT2D eigenvalue weighted by molar-refractivity contribution is 0.0755. The minimum absolute atomic E-state index is 0.0131. The lowest BCUT2D eigenvalue weighted by Gasteiger charge is -2.32. The molecule has 0 spiro atoms. The van der Waals surface area contributed by atoms with E-state index in [1.54, 1.807) is 0 Å². The molecule has 0 bridgehead atoms. The maximum Gasteiger partial charge on any atom is 0.256 e. The zero-order valence-electron chi connectivity index (χ0n) is 11.5. The highest BCUT2D eigenvalue weighted by Crippen LogP contribution is 2.49. The molecule has 0 N–H and O–H groups in total. The van der Waals surface area contributed by atoms with Crippen molar-refractivity contribution in [2.24, 2.45) is 0 Å². The molecular formula is C17H12BrNO2S. The number of fused-ring (bicyclic) bond motifs is 4. The van der Waals surface area contributed by atoms with Crippen LogP contribution in [0.25, 0.3) is 0 Å². The summed E-state index contributed by atoms with van der Waals surface area (Å²) in [6, 6.07) is 15.2. The van der Waals surface area contributed by atoms with Crippen molar-refractivity contribution in [3.05, 3.63) is 70.8 Å². The molecule has 2 aliphatic heterocycles. The summed E-state index contributed by atoms with van der Waals surface area (Å²) in [7, 11) is 0. The average molecular weight is 374 g/mol. The van der Waals surface area contributed by atoms with Crippen LogP contribution < -0.4 is 0 Å². The summed E-state index contributed by atoms with van der Waals surface area (Å²) in [5, 5.41) is -0.120. The SMILES string of the molecule is O=C1CS[C@H]2c3ccccc3C(=O)N2[C@@H](Br)c2ccccc21. The van der Waals surface area contributed by atoms with Gasteiger partial charge in [0.2, 0.25) is 0 Å². The molecule has 2 aliphatic rings. The highest BCUT2D eigenvalue weighted by atomic mass is 79.9. The van der Waals surface area contributed by atoms with E-state index in [4.69, 9.17) is 0 Å². The number of ketones is 1. The van der Waals surface area contributed by atoms with Gasteiger partial charge in [0, 0.05) is 11.1 Å². The molecule has 22 heavy (non-hydrogen) atoms. The molecule has 110 valence electrons. The van der Waals surface area contributed by atoms with Crippen molar-refractivity contribution in [1.29, 1.82) is 0 Å². The Bertz CT molecular complexity index is 792. The predicted octanol–water partition coefficient (Wildman–Crippen LogP) is 4.16. The van der Waals surface area contributed by atoms with Gasteiger partial charge in [0.15, 0.2) is 5.78 Å². The first-order valence-corrected chi connectivity index (χ1v) is 8.94. The van der Waals surface area contributed by atoms with E-state index < -0.39 is 0 Å². The molecule has 0 saturated carbocycles. The molecule has 3 nitrogen and oxygen atoms in total. The number of Topliss-reactive ketones (excluding diaryl/α,β-unsaturated/α-hetero) is 1. The molecule has 2 heterocycles. The first-order valence-electron chi connectivity index (χ1n) is 6.98. The molecule has 0 radical (unpaired) electrons. The number of benzene rings is 2. The van der Waals surface area contributed by atoms with E-state index in [2.05, 4.69) is 15.9 Å². The van der Waals surface area contributed by atoms with E-state index in [-0.39, 0.29) is 22.0 Å². The van der Waals surface area contributed by atoms with Crippen LogP contribution in [0.5, 0.6) is 0 Å². The van der Waals surface area contributed by atoms with Crippen LogP contribution in [0.2, 0.25) is 0 Å². The van der Waals surface area contributed by atoms with Gasteiger partial charge in [-0.15, -0.1) is 11.8 Å². The molecule has 0 aliphatic carbocycles. The summed E-state index contributed by atoms with van der Waals surface area (Å²) in [6.45, 7) is 0. The molecule has 2 aromatic carbocycles. The van der Waals surface area contributed by atoms with Crippen LogP contribution in [0, 0.1) is 0 Å². The number of thioether (sulfide) groups is 1. The maximum absolute atomic E-state index is 12.8. The largest absolute Gasteiger partial charge is 0.306 e. The summed E-state index contributed by atoms with van der Waals surface area (Å²) in [5.74, 6) is 0.500. The fourth-order valence-electron chi connectivity index (χ4n) is 3.04. The second kappa shape index (κ2) is 5.25. The predicted molar refractivity (Wildman–Crippen MR) is 90.3 cm³/mol. The molecule has 4 rings (SSSR count). The Balaban J connectivity index is 1.88. The Morgan fingerprint density at radius 3 is 2.36 bits per heavy atom. The van der Waals surface area contributed by atoms with Crippen molar-refractivity contribution in [1.82, 2.24) is 4.90 Å². The van der Waals surface area contributed by atoms with Crippen molar-refractivity contribution in [2.75, 3.05) is 5.75 Å². The summed E-state index contributed by atoms with van der Waals surface area (Å²) < 4.78 is 0. The van der Waals surface area contributed by atoms with E-state index >= 15 is 0 Å². The Morgan fingerprint density at radius 1 is 0.955 bits per heavy atom. The van der Waals surface area contributed by atoms with Crippen molar-refractivity contribution in [3.8, 4) is 0 Å². The monoisotopic (exact) mass is 373 g/mol. The number of nitrogens with zero attached hydrogens (tertiary/aromatic N) is 1. The van der Waals surface area contributed by atoms with Crippen molar-refractivity contribution < 1.29 is 9.59 Å². The van der Waals surface area contributed by atoms with E-state index in [0.717, 1.165) is 16.7 Å². The van der Waals surface area contributed by atoms with Crippen molar-refractivity contribution >= 4 is 39.4 Å². The number of halogens is 1. The van der Waals surface area contributed by atoms with Crippen molar-refractivity contribution in [3.63, 3.8) is 0 Å². The summed E-state index contributed by atoms with van der Waals surface area (Å²) in [5.41, 5.74) is 3.28. The minimum atomic E-state index is -0.301. The molecule has 2 aromatic rings. The van der Waals surface area contributed by atoms with Crippen LogP contribution in [-0.4, -0.2) is 22.3 Å². The summed E-state index contributed by atoms with van der Waals surface area (Å²) in [4.78, 5) is 26.8. The Labute approximate surface area is 140 Å². The van der Waals surface area contributed by atoms with Crippen molar-refractivity contribution in [2.45, 2.75) is 10.3 Å². The second-order valence-electron chi connectivity index (χ2n) is 5.31. The van der Waals surface area contributed by atoms with Gasteiger partial charge < -0.3 is 4.90 Å². The van der Waals surface area contributed by atoms with Crippen LogP contribution in [0.15, 0.2) is 48.5 Å². The van der Waals surface area contributed by atoms with Gasteiger partial charge in [-0.05, 0) is 17.2 Å². The molecular weight excluding hydrogens is 362 g/mol. The third kappa shape index (κ3) is 1.96. The van der Waals surface area contributed by atoms with Crippen LogP contribution >= 0.6 is 27.7 Å². The number of hydrogen-bond donors (Lipinski definition) is 0. The summed E-state index contributed by atoms with van der Waals surface area (Å²) >= 11 is 5.16. The lowest BCUT2D eigenvalue weighted by Crippen LogP contribution is -2.31. The molecule has 0 aromatic heterocycles. The minimum Gasteiger partial charge on any atom is -0.306 e. The van der Waals surface area contributed by atoms with E-state index in [1.165, 1.54) is 11.8 Å². The van der Waals surface area contributed by atoms with Gasteiger partial charge in [0.1, 0.15) is 10.3 Å². The molecule has 2 atom stereocenters. The third-order valence-electron chi connectivity index (χ3n) is 4.08. The van der Waals surface area contributed by atoms with Gasteiger partial charge in [-0.25, -0.2) is 0 Å². The number of carbonyl (C=O) groups excluding carboxylic acids is 2. The highest BCUT2D eigenvalue weighted by molar-refractivity contribution is 9.09. The number of alkyl halides is 1. The first kappa shape index (κ1) is 14.0. The lowest BCUT2D eigenvalue weighted by atomic mass is 10.0.